The lowest BCUT2D eigenvalue weighted by atomic mass is 10.2. The zero-order valence-electron chi connectivity index (χ0n) is 18.5. The molecule has 1 saturated heterocycles. The van der Waals surface area contributed by atoms with Crippen LogP contribution in [0.25, 0.3) is 11.2 Å². The highest BCUT2D eigenvalue weighted by molar-refractivity contribution is 6.30. The summed E-state index contributed by atoms with van der Waals surface area (Å²) in [6, 6.07) is 13.4. The van der Waals surface area contributed by atoms with Crippen LogP contribution < -0.4 is 21.0 Å². The monoisotopic (exact) mass is 465 g/mol. The number of fused-ring (bicyclic) bond motifs is 1. The van der Waals surface area contributed by atoms with E-state index in [1.807, 2.05) is 47.0 Å². The maximum absolute atomic E-state index is 13.1. The van der Waals surface area contributed by atoms with Gasteiger partial charge >= 0.3 is 5.69 Å². The number of pyridine rings is 1. The van der Waals surface area contributed by atoms with Gasteiger partial charge in [0.1, 0.15) is 5.82 Å². The molecule has 9 nitrogen and oxygen atoms in total. The molecule has 0 saturated carbocycles. The summed E-state index contributed by atoms with van der Waals surface area (Å²) in [5, 5.41) is 0.628. The van der Waals surface area contributed by atoms with Gasteiger partial charge in [-0.1, -0.05) is 29.8 Å². The van der Waals surface area contributed by atoms with Crippen LogP contribution in [0.3, 0.4) is 0 Å². The number of piperazine rings is 1. The van der Waals surface area contributed by atoms with Gasteiger partial charge in [0.25, 0.3) is 5.56 Å². The molecule has 0 radical (unpaired) electrons. The number of halogens is 1. The predicted octanol–water partition coefficient (Wildman–Crippen LogP) is 1.86. The Morgan fingerprint density at radius 1 is 0.939 bits per heavy atom. The van der Waals surface area contributed by atoms with Crippen LogP contribution in [0.5, 0.6) is 0 Å². The van der Waals surface area contributed by atoms with Gasteiger partial charge in [-0.05, 0) is 29.8 Å². The molecule has 0 spiro atoms. The summed E-state index contributed by atoms with van der Waals surface area (Å²) in [4.78, 5) is 39.3. The van der Waals surface area contributed by atoms with Crippen molar-refractivity contribution >= 4 is 34.5 Å². The fourth-order valence-electron chi connectivity index (χ4n) is 4.32. The van der Waals surface area contributed by atoms with Crippen molar-refractivity contribution in [2.45, 2.75) is 6.54 Å². The van der Waals surface area contributed by atoms with Crippen LogP contribution in [0.4, 0.5) is 11.8 Å². The molecule has 4 aromatic rings. The Kier molecular flexibility index (Phi) is 5.41. The molecule has 33 heavy (non-hydrogen) atoms. The Morgan fingerprint density at radius 3 is 2.39 bits per heavy atom. The Hall–Kier alpha value is -3.59. The van der Waals surface area contributed by atoms with Crippen molar-refractivity contribution in [1.82, 2.24) is 23.7 Å². The molecule has 1 fully saturated rings. The highest BCUT2D eigenvalue weighted by Gasteiger charge is 2.26. The summed E-state index contributed by atoms with van der Waals surface area (Å²) < 4.78 is 4.46. The highest BCUT2D eigenvalue weighted by Crippen LogP contribution is 2.24. The lowest BCUT2D eigenvalue weighted by Crippen LogP contribution is -2.47. The first-order valence-corrected chi connectivity index (χ1v) is 11.1. The third kappa shape index (κ3) is 3.78. The molecule has 1 aliphatic heterocycles. The zero-order valence-corrected chi connectivity index (χ0v) is 19.2. The van der Waals surface area contributed by atoms with Gasteiger partial charge in [-0.2, -0.15) is 4.98 Å². The number of imidazole rings is 1. The SMILES string of the molecule is Cn1c(=O)c2c(nc(N3CCN(c4ccccn4)CC3)n2Cc2cccc(Cl)c2)n(C)c1=O. The van der Waals surface area contributed by atoms with Gasteiger partial charge in [-0.15, -0.1) is 0 Å². The summed E-state index contributed by atoms with van der Waals surface area (Å²) in [6.07, 6.45) is 1.79. The van der Waals surface area contributed by atoms with Crippen LogP contribution in [-0.2, 0) is 20.6 Å². The van der Waals surface area contributed by atoms with Crippen molar-refractivity contribution in [3.05, 3.63) is 80.1 Å². The van der Waals surface area contributed by atoms with Crippen LogP contribution in [0.1, 0.15) is 5.56 Å². The summed E-state index contributed by atoms with van der Waals surface area (Å²) >= 11 is 6.21. The minimum Gasteiger partial charge on any atom is -0.353 e. The normalized spacial score (nSPS) is 14.3. The molecule has 0 bridgehead atoms. The quantitative estimate of drug-likeness (QED) is 0.457. The van der Waals surface area contributed by atoms with E-state index in [2.05, 4.69) is 14.8 Å². The van der Waals surface area contributed by atoms with E-state index in [-0.39, 0.29) is 5.56 Å². The Balaban J connectivity index is 1.58. The van der Waals surface area contributed by atoms with Crippen molar-refractivity contribution in [3.8, 4) is 0 Å². The van der Waals surface area contributed by atoms with Gasteiger partial charge < -0.3 is 9.80 Å². The average Bonchev–Trinajstić information content (AvgIpc) is 3.21. The van der Waals surface area contributed by atoms with E-state index < -0.39 is 5.69 Å². The van der Waals surface area contributed by atoms with E-state index in [0.29, 0.717) is 41.8 Å². The lowest BCUT2D eigenvalue weighted by molar-refractivity contribution is 0.620. The fourth-order valence-corrected chi connectivity index (χ4v) is 4.53. The number of aromatic nitrogens is 5. The number of hydrogen-bond acceptors (Lipinski definition) is 6. The van der Waals surface area contributed by atoms with Crippen molar-refractivity contribution in [3.63, 3.8) is 0 Å². The number of aryl methyl sites for hydroxylation is 1. The van der Waals surface area contributed by atoms with E-state index in [0.717, 1.165) is 29.0 Å². The van der Waals surface area contributed by atoms with Gasteiger partial charge in [0.2, 0.25) is 5.95 Å². The van der Waals surface area contributed by atoms with Crippen LogP contribution in [-0.4, -0.2) is 49.8 Å². The van der Waals surface area contributed by atoms with Crippen LogP contribution in [0.2, 0.25) is 5.02 Å². The molecule has 0 amide bonds. The lowest BCUT2D eigenvalue weighted by Gasteiger charge is -2.36. The second kappa shape index (κ2) is 8.40. The molecular weight excluding hydrogens is 442 g/mol. The zero-order chi connectivity index (χ0) is 23.1. The first-order valence-electron chi connectivity index (χ1n) is 10.8. The minimum atomic E-state index is -0.397. The Labute approximate surface area is 195 Å². The summed E-state index contributed by atoms with van der Waals surface area (Å²) in [7, 11) is 3.13. The molecule has 0 aliphatic carbocycles. The molecule has 10 heteroatoms. The third-order valence-corrected chi connectivity index (χ3v) is 6.33. The van der Waals surface area contributed by atoms with Crippen LogP contribution in [0, 0.1) is 0 Å². The first-order chi connectivity index (χ1) is 15.9. The van der Waals surface area contributed by atoms with Gasteiger partial charge in [0.15, 0.2) is 11.2 Å². The van der Waals surface area contributed by atoms with E-state index >= 15 is 0 Å². The summed E-state index contributed by atoms with van der Waals surface area (Å²) in [5.74, 6) is 1.62. The topological polar surface area (TPSA) is 81.2 Å². The number of anilines is 2. The molecule has 4 heterocycles. The Morgan fingerprint density at radius 2 is 1.70 bits per heavy atom. The third-order valence-electron chi connectivity index (χ3n) is 6.09. The number of benzene rings is 1. The van der Waals surface area contributed by atoms with Gasteiger partial charge in [-0.3, -0.25) is 18.5 Å². The second-order valence-corrected chi connectivity index (χ2v) is 8.60. The number of rotatable bonds is 4. The largest absolute Gasteiger partial charge is 0.353 e. The van der Waals surface area contributed by atoms with Gasteiger partial charge in [0.05, 0.1) is 6.54 Å². The molecule has 0 atom stereocenters. The van der Waals surface area contributed by atoms with E-state index in [4.69, 9.17) is 16.6 Å². The second-order valence-electron chi connectivity index (χ2n) is 8.17. The molecule has 5 rings (SSSR count). The van der Waals surface area contributed by atoms with Crippen LogP contribution in [0.15, 0.2) is 58.3 Å². The summed E-state index contributed by atoms with van der Waals surface area (Å²) in [5.41, 5.74) is 0.979. The van der Waals surface area contributed by atoms with Gasteiger partial charge in [0, 0.05) is 51.5 Å². The minimum absolute atomic E-state index is 0.360. The summed E-state index contributed by atoms with van der Waals surface area (Å²) in [6.45, 7) is 3.39. The smallest absolute Gasteiger partial charge is 0.332 e. The highest BCUT2D eigenvalue weighted by atomic mass is 35.5. The number of nitrogens with zero attached hydrogens (tertiary/aromatic N) is 7. The molecule has 1 aromatic carbocycles. The van der Waals surface area contributed by atoms with E-state index in [9.17, 15) is 9.59 Å². The maximum atomic E-state index is 13.1. The van der Waals surface area contributed by atoms with Crippen molar-refractivity contribution in [2.24, 2.45) is 14.1 Å². The van der Waals surface area contributed by atoms with E-state index in [1.54, 1.807) is 13.2 Å². The first kappa shape index (κ1) is 21.3. The van der Waals surface area contributed by atoms with Crippen LogP contribution >= 0.6 is 11.6 Å². The van der Waals surface area contributed by atoms with Crippen molar-refractivity contribution < 1.29 is 0 Å². The molecule has 3 aromatic heterocycles. The molecular formula is C23H24ClN7O2. The molecule has 0 unspecified atom stereocenters. The van der Waals surface area contributed by atoms with Crippen molar-refractivity contribution in [2.75, 3.05) is 36.0 Å². The maximum Gasteiger partial charge on any atom is 0.332 e. The molecule has 0 N–H and O–H groups in total. The standard InChI is InChI=1S/C23H24ClN7O2/c1-27-20-19(21(32)28(2)23(27)33)31(15-16-6-5-7-17(24)14-16)22(26-20)30-12-10-29(11-13-30)18-8-3-4-9-25-18/h3-9,14H,10-13,15H2,1-2H3. The number of hydrogen-bond donors (Lipinski definition) is 0. The molecule has 1 aliphatic rings. The van der Waals surface area contributed by atoms with Crippen molar-refractivity contribution in [1.29, 1.82) is 0 Å². The molecule has 170 valence electrons. The average molecular weight is 466 g/mol. The predicted molar refractivity (Wildman–Crippen MR) is 129 cm³/mol. The fraction of sp³-hybridized carbons (Fsp3) is 0.304. The van der Waals surface area contributed by atoms with Gasteiger partial charge in [-0.25, -0.2) is 9.78 Å². The Bertz CT molecular complexity index is 1430. The van der Waals surface area contributed by atoms with E-state index in [1.165, 1.54) is 11.6 Å².